The molecule has 0 saturated carbocycles. The van der Waals surface area contributed by atoms with Gasteiger partial charge in [0.05, 0.1) is 0 Å². The molecule has 1 aliphatic heterocycles. The topological polar surface area (TPSA) is 35.5 Å². The smallest absolute Gasteiger partial charge is 0.349 e. The predicted octanol–water partition coefficient (Wildman–Crippen LogP) is 2.14. The fourth-order valence-electron chi connectivity index (χ4n) is 1.72. The first kappa shape index (κ1) is 8.29. The lowest BCUT2D eigenvalue weighted by molar-refractivity contribution is -0.138. The van der Waals surface area contributed by atoms with E-state index in [0.29, 0.717) is 11.5 Å². The van der Waals surface area contributed by atoms with Gasteiger partial charge in [0, 0.05) is 5.39 Å². The lowest BCUT2D eigenvalue weighted by atomic mass is 10.1. The first-order valence-corrected chi connectivity index (χ1v) is 4.70. The number of hydrogen-bond donors (Lipinski definition) is 0. The second kappa shape index (κ2) is 2.98. The van der Waals surface area contributed by atoms with Crippen molar-refractivity contribution in [2.24, 2.45) is 0 Å². The molecule has 15 heavy (non-hydrogen) atoms. The second-order valence-corrected chi connectivity index (χ2v) is 3.38. The van der Waals surface area contributed by atoms with Crippen LogP contribution >= 0.6 is 0 Å². The van der Waals surface area contributed by atoms with Crippen molar-refractivity contribution in [1.82, 2.24) is 0 Å². The van der Waals surface area contributed by atoms with Crippen LogP contribution in [0.25, 0.3) is 10.8 Å². The number of benzene rings is 2. The van der Waals surface area contributed by atoms with Gasteiger partial charge >= 0.3 is 5.97 Å². The van der Waals surface area contributed by atoms with E-state index in [-0.39, 0.29) is 12.6 Å². The van der Waals surface area contributed by atoms with Crippen molar-refractivity contribution >= 4 is 16.7 Å². The molecule has 0 aliphatic carbocycles. The highest BCUT2D eigenvalue weighted by Crippen LogP contribution is 2.37. The molecule has 1 aliphatic rings. The molecule has 0 atom stereocenters. The lowest BCUT2D eigenvalue weighted by Gasteiger charge is -2.17. The average Bonchev–Trinajstić information content (AvgIpc) is 2.29. The SMILES string of the molecule is O=C1COc2ccc3ccccc3c2O1. The van der Waals surface area contributed by atoms with Crippen LogP contribution in [0.3, 0.4) is 0 Å². The molecule has 0 N–H and O–H groups in total. The first-order valence-electron chi connectivity index (χ1n) is 4.70. The molecule has 0 unspecified atom stereocenters. The summed E-state index contributed by atoms with van der Waals surface area (Å²) >= 11 is 0. The molecule has 0 amide bonds. The van der Waals surface area contributed by atoms with Crippen LogP contribution in [-0.4, -0.2) is 12.6 Å². The normalized spacial score (nSPS) is 14.3. The highest BCUT2D eigenvalue weighted by molar-refractivity contribution is 5.94. The first-order chi connectivity index (χ1) is 7.34. The molecular formula is C12H8O3. The molecule has 3 nitrogen and oxygen atoms in total. The zero-order valence-electron chi connectivity index (χ0n) is 7.90. The number of fused-ring (bicyclic) bond motifs is 3. The minimum absolute atomic E-state index is 0.00859. The summed E-state index contributed by atoms with van der Waals surface area (Å²) < 4.78 is 10.5. The van der Waals surface area contributed by atoms with Crippen molar-refractivity contribution in [3.63, 3.8) is 0 Å². The van der Waals surface area contributed by atoms with Crippen LogP contribution in [0.1, 0.15) is 0 Å². The van der Waals surface area contributed by atoms with Gasteiger partial charge < -0.3 is 9.47 Å². The van der Waals surface area contributed by atoms with Crippen molar-refractivity contribution < 1.29 is 14.3 Å². The number of rotatable bonds is 0. The number of esters is 1. The molecule has 0 radical (unpaired) electrons. The summed E-state index contributed by atoms with van der Waals surface area (Å²) in [4.78, 5) is 11.1. The van der Waals surface area contributed by atoms with Crippen LogP contribution < -0.4 is 9.47 Å². The summed E-state index contributed by atoms with van der Waals surface area (Å²) in [7, 11) is 0. The monoisotopic (exact) mass is 200 g/mol. The third-order valence-electron chi connectivity index (χ3n) is 2.40. The highest BCUT2D eigenvalue weighted by atomic mass is 16.6. The molecule has 2 aromatic rings. The summed E-state index contributed by atoms with van der Waals surface area (Å²) in [6, 6.07) is 11.5. The minimum Gasteiger partial charge on any atom is -0.478 e. The highest BCUT2D eigenvalue weighted by Gasteiger charge is 2.20. The van der Waals surface area contributed by atoms with Gasteiger partial charge in [-0.05, 0) is 11.5 Å². The van der Waals surface area contributed by atoms with Crippen molar-refractivity contribution in [3.05, 3.63) is 36.4 Å². The van der Waals surface area contributed by atoms with Gasteiger partial charge in [0.2, 0.25) is 0 Å². The van der Waals surface area contributed by atoms with Gasteiger partial charge in [0.15, 0.2) is 18.1 Å². The predicted molar refractivity (Wildman–Crippen MR) is 55.1 cm³/mol. The maximum absolute atomic E-state index is 11.1. The Bertz CT molecular complexity index is 546. The van der Waals surface area contributed by atoms with Gasteiger partial charge in [-0.2, -0.15) is 0 Å². The van der Waals surface area contributed by atoms with Gasteiger partial charge in [-0.25, -0.2) is 4.79 Å². The second-order valence-electron chi connectivity index (χ2n) is 3.38. The number of carbonyl (C=O) groups is 1. The van der Waals surface area contributed by atoms with Gasteiger partial charge in [-0.1, -0.05) is 30.3 Å². The van der Waals surface area contributed by atoms with E-state index < -0.39 is 0 Å². The Morgan fingerprint density at radius 1 is 1.07 bits per heavy atom. The van der Waals surface area contributed by atoms with Crippen molar-refractivity contribution in [3.8, 4) is 11.5 Å². The quantitative estimate of drug-likeness (QED) is 0.482. The van der Waals surface area contributed by atoms with Crippen LogP contribution in [0.15, 0.2) is 36.4 Å². The van der Waals surface area contributed by atoms with Crippen molar-refractivity contribution in [2.45, 2.75) is 0 Å². The molecule has 0 spiro atoms. The molecule has 3 heteroatoms. The largest absolute Gasteiger partial charge is 0.478 e. The van der Waals surface area contributed by atoms with Gasteiger partial charge in [-0.15, -0.1) is 0 Å². The Morgan fingerprint density at radius 2 is 1.93 bits per heavy atom. The summed E-state index contributed by atoms with van der Waals surface area (Å²) in [5, 5.41) is 1.94. The van der Waals surface area contributed by atoms with E-state index in [4.69, 9.17) is 9.47 Å². The molecule has 0 saturated heterocycles. The summed E-state index contributed by atoms with van der Waals surface area (Å²) in [5.41, 5.74) is 0. The van der Waals surface area contributed by atoms with Gasteiger partial charge in [0.25, 0.3) is 0 Å². The third kappa shape index (κ3) is 1.24. The minimum atomic E-state index is -0.348. The lowest BCUT2D eigenvalue weighted by Crippen LogP contribution is -2.22. The Hall–Kier alpha value is -2.03. The third-order valence-corrected chi connectivity index (χ3v) is 2.40. The van der Waals surface area contributed by atoms with E-state index in [9.17, 15) is 4.79 Å². The standard InChI is InChI=1S/C12H8O3/c13-11-7-14-10-6-5-8-3-1-2-4-9(8)12(10)15-11/h1-6H,7H2. The summed E-state index contributed by atoms with van der Waals surface area (Å²) in [5.74, 6) is 0.816. The molecule has 0 bridgehead atoms. The van der Waals surface area contributed by atoms with Crippen molar-refractivity contribution in [2.75, 3.05) is 6.61 Å². The zero-order valence-corrected chi connectivity index (χ0v) is 7.90. The zero-order chi connectivity index (χ0) is 10.3. The maximum atomic E-state index is 11.1. The summed E-state index contributed by atoms with van der Waals surface area (Å²) in [6.45, 7) is -0.00859. The molecule has 1 heterocycles. The van der Waals surface area contributed by atoms with Crippen LogP contribution in [0.2, 0.25) is 0 Å². The fraction of sp³-hybridized carbons (Fsp3) is 0.0833. The van der Waals surface area contributed by atoms with Gasteiger partial charge in [-0.3, -0.25) is 0 Å². The Kier molecular flexibility index (Phi) is 1.65. The van der Waals surface area contributed by atoms with E-state index in [1.165, 1.54) is 0 Å². The molecular weight excluding hydrogens is 192 g/mol. The van der Waals surface area contributed by atoms with E-state index >= 15 is 0 Å². The van der Waals surface area contributed by atoms with E-state index in [0.717, 1.165) is 10.8 Å². The van der Waals surface area contributed by atoms with E-state index in [1.807, 2.05) is 36.4 Å². The fourth-order valence-corrected chi connectivity index (χ4v) is 1.72. The average molecular weight is 200 g/mol. The van der Waals surface area contributed by atoms with E-state index in [2.05, 4.69) is 0 Å². The Labute approximate surface area is 86.2 Å². The molecule has 0 aromatic heterocycles. The van der Waals surface area contributed by atoms with Crippen LogP contribution in [-0.2, 0) is 4.79 Å². The number of hydrogen-bond acceptors (Lipinski definition) is 3. The Morgan fingerprint density at radius 3 is 2.87 bits per heavy atom. The molecule has 3 rings (SSSR count). The van der Waals surface area contributed by atoms with Crippen molar-refractivity contribution in [1.29, 1.82) is 0 Å². The molecule has 2 aromatic carbocycles. The summed E-state index contributed by atoms with van der Waals surface area (Å²) in [6.07, 6.45) is 0. The van der Waals surface area contributed by atoms with E-state index in [1.54, 1.807) is 0 Å². The van der Waals surface area contributed by atoms with Gasteiger partial charge in [0.1, 0.15) is 0 Å². The number of carbonyl (C=O) groups excluding carboxylic acids is 1. The molecule has 74 valence electrons. The van der Waals surface area contributed by atoms with Crippen LogP contribution in [0.4, 0.5) is 0 Å². The number of ether oxygens (including phenoxy) is 2. The Balaban J connectivity index is 2.32. The maximum Gasteiger partial charge on any atom is 0.349 e. The molecule has 0 fully saturated rings. The van der Waals surface area contributed by atoms with Crippen LogP contribution in [0.5, 0.6) is 11.5 Å². The van der Waals surface area contributed by atoms with Crippen LogP contribution in [0, 0.1) is 0 Å².